The molecule has 55 heavy (non-hydrogen) atoms. The molecule has 0 radical (unpaired) electrons. The SMILES string of the molecule is CC/C=C\C/C=C\C/C=C\CCCCCCCC(=O)OC(COCCC(C(=O)O)[N+](C)(C)C)COC(=O)CCCCCCC/C=C\CCCCCCCCC. The van der Waals surface area contributed by atoms with Crippen LogP contribution in [0.5, 0.6) is 0 Å². The molecule has 0 aliphatic carbocycles. The van der Waals surface area contributed by atoms with E-state index in [1.807, 2.05) is 21.1 Å². The molecule has 0 heterocycles. The van der Waals surface area contributed by atoms with Gasteiger partial charge in [0.2, 0.25) is 0 Å². The van der Waals surface area contributed by atoms with Gasteiger partial charge in [-0.15, -0.1) is 0 Å². The van der Waals surface area contributed by atoms with Crippen molar-refractivity contribution >= 4 is 17.9 Å². The highest BCUT2D eigenvalue weighted by Gasteiger charge is 2.31. The summed E-state index contributed by atoms with van der Waals surface area (Å²) in [6.07, 6.45) is 44.3. The maximum absolute atomic E-state index is 12.7. The van der Waals surface area contributed by atoms with Crippen LogP contribution in [0.1, 0.15) is 181 Å². The molecule has 8 nitrogen and oxygen atoms in total. The summed E-state index contributed by atoms with van der Waals surface area (Å²) in [5, 5.41) is 9.62. The van der Waals surface area contributed by atoms with Crippen LogP contribution >= 0.6 is 0 Å². The Kier molecular flexibility index (Phi) is 36.3. The molecule has 2 atom stereocenters. The van der Waals surface area contributed by atoms with Gasteiger partial charge in [0.1, 0.15) is 6.61 Å². The Morgan fingerprint density at radius 3 is 1.53 bits per heavy atom. The molecule has 1 N–H and O–H groups in total. The number of allylic oxidation sites excluding steroid dienone is 8. The van der Waals surface area contributed by atoms with Crippen molar-refractivity contribution in [1.82, 2.24) is 0 Å². The van der Waals surface area contributed by atoms with E-state index >= 15 is 0 Å². The molecule has 0 bridgehead atoms. The van der Waals surface area contributed by atoms with E-state index in [4.69, 9.17) is 14.2 Å². The molecule has 0 aliphatic heterocycles. The first kappa shape index (κ1) is 52.3. The van der Waals surface area contributed by atoms with E-state index in [1.165, 1.54) is 57.8 Å². The van der Waals surface area contributed by atoms with E-state index in [0.717, 1.165) is 89.9 Å². The minimum atomic E-state index is -0.880. The molecule has 0 amide bonds. The van der Waals surface area contributed by atoms with Gasteiger partial charge in [0.25, 0.3) is 0 Å². The zero-order chi connectivity index (χ0) is 40.7. The summed E-state index contributed by atoms with van der Waals surface area (Å²) in [7, 11) is 5.51. The van der Waals surface area contributed by atoms with Crippen molar-refractivity contribution in [3.63, 3.8) is 0 Å². The van der Waals surface area contributed by atoms with Crippen LogP contribution in [0.4, 0.5) is 0 Å². The second-order valence-electron chi connectivity index (χ2n) is 15.9. The molecule has 0 aromatic rings. The van der Waals surface area contributed by atoms with Crippen molar-refractivity contribution < 1.29 is 38.2 Å². The summed E-state index contributed by atoms with van der Waals surface area (Å²) in [5.74, 6) is -1.50. The quantitative estimate of drug-likeness (QED) is 0.0287. The van der Waals surface area contributed by atoms with E-state index in [1.54, 1.807) is 0 Å². The summed E-state index contributed by atoms with van der Waals surface area (Å²) in [5.41, 5.74) is 0. The predicted octanol–water partition coefficient (Wildman–Crippen LogP) is 12.0. The fourth-order valence-electron chi connectivity index (χ4n) is 6.28. The lowest BCUT2D eigenvalue weighted by Crippen LogP contribution is -2.50. The maximum Gasteiger partial charge on any atom is 0.362 e. The van der Waals surface area contributed by atoms with Gasteiger partial charge in [0, 0.05) is 19.3 Å². The molecule has 318 valence electrons. The van der Waals surface area contributed by atoms with Gasteiger partial charge in [0.15, 0.2) is 12.1 Å². The summed E-state index contributed by atoms with van der Waals surface area (Å²) in [6, 6.07) is -0.619. The van der Waals surface area contributed by atoms with E-state index in [0.29, 0.717) is 19.3 Å². The lowest BCUT2D eigenvalue weighted by molar-refractivity contribution is -0.887. The number of rotatable bonds is 39. The number of carboxylic acids is 1. The van der Waals surface area contributed by atoms with E-state index in [9.17, 15) is 19.5 Å². The number of carbonyl (C=O) groups excluding carboxylic acids is 2. The topological polar surface area (TPSA) is 99.1 Å². The normalized spacial score (nSPS) is 13.4. The molecule has 0 spiro atoms. The number of esters is 2. The zero-order valence-corrected chi connectivity index (χ0v) is 36.1. The molecule has 0 aliphatic rings. The number of aliphatic carboxylic acids is 1. The number of carboxylic acid groups (broad SMARTS) is 1. The van der Waals surface area contributed by atoms with Crippen LogP contribution in [0.25, 0.3) is 0 Å². The molecule has 0 fully saturated rings. The van der Waals surface area contributed by atoms with Crippen LogP contribution in [0, 0.1) is 0 Å². The van der Waals surface area contributed by atoms with Gasteiger partial charge in [-0.2, -0.15) is 0 Å². The van der Waals surface area contributed by atoms with Gasteiger partial charge in [-0.1, -0.05) is 140 Å². The number of quaternary nitrogens is 1. The molecule has 0 rings (SSSR count). The number of unbranched alkanes of at least 4 members (excludes halogenated alkanes) is 17. The zero-order valence-electron chi connectivity index (χ0n) is 36.1. The number of likely N-dealkylation sites (N-methyl/N-ethyl adjacent to an activating group) is 1. The number of ether oxygens (including phenoxy) is 3. The maximum atomic E-state index is 12.7. The lowest BCUT2D eigenvalue weighted by Gasteiger charge is -2.31. The highest BCUT2D eigenvalue weighted by atomic mass is 16.6. The van der Waals surface area contributed by atoms with Crippen LogP contribution in [0.2, 0.25) is 0 Å². The largest absolute Gasteiger partial charge is 0.477 e. The molecular weight excluding hydrogens is 691 g/mol. The van der Waals surface area contributed by atoms with Crippen molar-refractivity contribution in [2.75, 3.05) is 41.0 Å². The van der Waals surface area contributed by atoms with Crippen LogP contribution < -0.4 is 0 Å². The van der Waals surface area contributed by atoms with Gasteiger partial charge < -0.3 is 23.8 Å². The van der Waals surface area contributed by atoms with Gasteiger partial charge in [0.05, 0.1) is 34.4 Å². The molecule has 0 saturated carbocycles. The first-order valence-corrected chi connectivity index (χ1v) is 22.2. The Labute approximate surface area is 337 Å². The fraction of sp³-hybridized carbons (Fsp3) is 0.766. The summed E-state index contributed by atoms with van der Waals surface area (Å²) in [6.45, 7) is 4.59. The highest BCUT2D eigenvalue weighted by Crippen LogP contribution is 2.13. The van der Waals surface area contributed by atoms with Crippen molar-refractivity contribution in [3.8, 4) is 0 Å². The first-order chi connectivity index (χ1) is 26.6. The minimum Gasteiger partial charge on any atom is -0.477 e. The Balaban J connectivity index is 4.38. The van der Waals surface area contributed by atoms with Crippen LogP contribution in [-0.2, 0) is 28.6 Å². The van der Waals surface area contributed by atoms with Gasteiger partial charge >= 0.3 is 17.9 Å². The van der Waals surface area contributed by atoms with Gasteiger partial charge in [-0.05, 0) is 70.6 Å². The van der Waals surface area contributed by atoms with Crippen molar-refractivity contribution in [1.29, 1.82) is 0 Å². The third kappa shape index (κ3) is 36.7. The van der Waals surface area contributed by atoms with Crippen LogP contribution in [-0.4, -0.2) is 80.6 Å². The summed E-state index contributed by atoms with van der Waals surface area (Å²) in [4.78, 5) is 37.0. The standard InChI is InChI=1S/C47H83NO7/c1-6-8-10-12-14-16-18-20-22-24-25-27-29-31-33-35-37-45(49)54-42-43(41-53-40-39-44(47(51)52)48(3,4)5)55-46(50)38-36-34-32-30-28-26-23-21-19-17-15-13-11-9-7-2/h9,11,15,17,21-24,43-44H,6-8,10,12-14,16,18-20,25-42H2,1-5H3/p+1/b11-9-,17-15-,23-21-,24-22-. The summed E-state index contributed by atoms with van der Waals surface area (Å²) < 4.78 is 17.3. The van der Waals surface area contributed by atoms with Gasteiger partial charge in [-0.3, -0.25) is 9.59 Å². The third-order valence-corrected chi connectivity index (χ3v) is 9.71. The van der Waals surface area contributed by atoms with Gasteiger partial charge in [-0.25, -0.2) is 4.79 Å². The van der Waals surface area contributed by atoms with E-state index in [2.05, 4.69) is 62.5 Å². The molecule has 8 heteroatoms. The Morgan fingerprint density at radius 2 is 1.02 bits per heavy atom. The molecular formula is C47H84NO7+. The van der Waals surface area contributed by atoms with Crippen LogP contribution in [0.3, 0.4) is 0 Å². The molecule has 0 aromatic carbocycles. The number of nitrogens with zero attached hydrogens (tertiary/aromatic N) is 1. The smallest absolute Gasteiger partial charge is 0.362 e. The Bertz CT molecular complexity index is 1040. The first-order valence-electron chi connectivity index (χ1n) is 22.2. The van der Waals surface area contributed by atoms with Crippen LogP contribution in [0.15, 0.2) is 48.6 Å². The molecule has 0 saturated heterocycles. The number of carbonyl (C=O) groups is 3. The minimum absolute atomic E-state index is 0.0508. The third-order valence-electron chi connectivity index (χ3n) is 9.71. The number of hydrogen-bond acceptors (Lipinski definition) is 6. The number of hydrogen-bond donors (Lipinski definition) is 1. The van der Waals surface area contributed by atoms with Crippen molar-refractivity contribution in [2.45, 2.75) is 193 Å². The second-order valence-corrected chi connectivity index (χ2v) is 15.9. The van der Waals surface area contributed by atoms with E-state index in [-0.39, 0.29) is 36.2 Å². The lowest BCUT2D eigenvalue weighted by atomic mass is 10.1. The van der Waals surface area contributed by atoms with E-state index < -0.39 is 18.1 Å². The average molecular weight is 775 g/mol. The Morgan fingerprint density at radius 1 is 0.564 bits per heavy atom. The second kappa shape index (κ2) is 38.2. The fourth-order valence-corrected chi connectivity index (χ4v) is 6.28. The van der Waals surface area contributed by atoms with Crippen molar-refractivity contribution in [2.24, 2.45) is 0 Å². The van der Waals surface area contributed by atoms with Crippen molar-refractivity contribution in [3.05, 3.63) is 48.6 Å². The highest BCUT2D eigenvalue weighted by molar-refractivity contribution is 5.72. The predicted molar refractivity (Wildman–Crippen MR) is 229 cm³/mol. The molecule has 2 unspecified atom stereocenters. The summed E-state index contributed by atoms with van der Waals surface area (Å²) >= 11 is 0. The molecule has 0 aromatic heterocycles. The average Bonchev–Trinajstić information content (AvgIpc) is 3.14. The Hall–Kier alpha value is -2.71. The monoisotopic (exact) mass is 775 g/mol.